The highest BCUT2D eigenvalue weighted by Gasteiger charge is 2.24. The van der Waals surface area contributed by atoms with Crippen LogP contribution in [-0.2, 0) is 0 Å². The Hall–Kier alpha value is -2.97. The van der Waals surface area contributed by atoms with Gasteiger partial charge in [-0.25, -0.2) is 23.5 Å². The number of nitrogens with one attached hydrogen (secondary N) is 1. The Kier molecular flexibility index (Phi) is 4.41. The molecule has 9 heteroatoms. The van der Waals surface area contributed by atoms with Crippen LogP contribution >= 0.6 is 0 Å². The quantitative estimate of drug-likeness (QED) is 0.875. The number of aromatic hydroxyl groups is 1. The number of hydrogen-bond acceptors (Lipinski definition) is 5. The summed E-state index contributed by atoms with van der Waals surface area (Å²) in [6, 6.07) is 3.36. The van der Waals surface area contributed by atoms with Gasteiger partial charge in [0.15, 0.2) is 11.6 Å². The Morgan fingerprint density at radius 2 is 1.88 bits per heavy atom. The van der Waals surface area contributed by atoms with Gasteiger partial charge in [0.1, 0.15) is 17.4 Å². The van der Waals surface area contributed by atoms with Crippen molar-refractivity contribution in [3.8, 4) is 5.75 Å². The first-order chi connectivity index (χ1) is 11.5. The molecule has 1 aliphatic heterocycles. The monoisotopic (exact) mass is 335 g/mol. The molecule has 126 valence electrons. The van der Waals surface area contributed by atoms with E-state index in [1.807, 2.05) is 0 Å². The van der Waals surface area contributed by atoms with Crippen LogP contribution in [0.15, 0.2) is 30.6 Å². The molecule has 7 nitrogen and oxygen atoms in total. The van der Waals surface area contributed by atoms with Crippen LogP contribution in [0.2, 0.25) is 0 Å². The largest absolute Gasteiger partial charge is 0.506 e. The van der Waals surface area contributed by atoms with E-state index >= 15 is 0 Å². The Bertz CT molecular complexity index is 733. The third-order valence-electron chi connectivity index (χ3n) is 3.64. The van der Waals surface area contributed by atoms with E-state index in [9.17, 15) is 13.6 Å². The second-order valence-corrected chi connectivity index (χ2v) is 5.26. The summed E-state index contributed by atoms with van der Waals surface area (Å²) in [5.74, 6) is -1.03. The minimum atomic E-state index is -0.726. The van der Waals surface area contributed by atoms with Crippen molar-refractivity contribution in [2.24, 2.45) is 0 Å². The van der Waals surface area contributed by atoms with Gasteiger partial charge in [-0.05, 0) is 12.1 Å². The number of aromatic nitrogens is 2. The van der Waals surface area contributed by atoms with Gasteiger partial charge in [-0.3, -0.25) is 5.32 Å². The lowest BCUT2D eigenvalue weighted by atomic mass is 10.3. The van der Waals surface area contributed by atoms with Gasteiger partial charge in [-0.2, -0.15) is 0 Å². The molecule has 1 fully saturated rings. The second-order valence-electron chi connectivity index (χ2n) is 5.26. The van der Waals surface area contributed by atoms with Crippen LogP contribution in [0.1, 0.15) is 0 Å². The number of urea groups is 1. The molecule has 2 aromatic rings. The van der Waals surface area contributed by atoms with E-state index in [2.05, 4.69) is 15.3 Å². The van der Waals surface area contributed by atoms with E-state index in [1.165, 1.54) is 18.3 Å². The van der Waals surface area contributed by atoms with Gasteiger partial charge in [0.25, 0.3) is 0 Å². The predicted molar refractivity (Wildman–Crippen MR) is 82.9 cm³/mol. The minimum Gasteiger partial charge on any atom is -0.506 e. The normalized spacial score (nSPS) is 14.6. The van der Waals surface area contributed by atoms with E-state index < -0.39 is 11.6 Å². The van der Waals surface area contributed by atoms with Crippen molar-refractivity contribution in [1.82, 2.24) is 14.9 Å². The molecule has 3 heterocycles. The van der Waals surface area contributed by atoms with E-state index in [0.717, 1.165) is 12.3 Å². The number of rotatable bonds is 2. The summed E-state index contributed by atoms with van der Waals surface area (Å²) in [5.41, 5.74) is 0. The highest BCUT2D eigenvalue weighted by atomic mass is 19.1. The number of carbonyl (C=O) groups is 1. The van der Waals surface area contributed by atoms with Crippen LogP contribution in [0.4, 0.5) is 25.2 Å². The van der Waals surface area contributed by atoms with Crippen LogP contribution in [0.5, 0.6) is 5.75 Å². The third kappa shape index (κ3) is 3.50. The van der Waals surface area contributed by atoms with Crippen molar-refractivity contribution < 1.29 is 18.7 Å². The van der Waals surface area contributed by atoms with Crippen molar-refractivity contribution >= 4 is 17.7 Å². The zero-order valence-electron chi connectivity index (χ0n) is 12.6. The van der Waals surface area contributed by atoms with Crippen molar-refractivity contribution in [2.45, 2.75) is 0 Å². The fourth-order valence-electron chi connectivity index (χ4n) is 2.41. The van der Waals surface area contributed by atoms with E-state index in [1.54, 1.807) is 9.80 Å². The average molecular weight is 335 g/mol. The molecule has 2 amide bonds. The SMILES string of the molecule is O=C(Nc1ccc(O)cn1)N1CCN(c2ncc(F)cc2F)CC1. The van der Waals surface area contributed by atoms with Gasteiger partial charge in [0.2, 0.25) is 0 Å². The summed E-state index contributed by atoms with van der Waals surface area (Å²) in [4.78, 5) is 23.0. The number of halogens is 2. The van der Waals surface area contributed by atoms with Gasteiger partial charge < -0.3 is 14.9 Å². The van der Waals surface area contributed by atoms with Gasteiger partial charge in [0, 0.05) is 32.2 Å². The number of nitrogens with zero attached hydrogens (tertiary/aromatic N) is 4. The Labute approximate surface area is 136 Å². The molecule has 0 atom stereocenters. The molecule has 0 unspecified atom stereocenters. The van der Waals surface area contributed by atoms with Crippen LogP contribution in [-0.4, -0.2) is 52.2 Å². The molecule has 24 heavy (non-hydrogen) atoms. The number of piperazine rings is 1. The maximum atomic E-state index is 13.7. The summed E-state index contributed by atoms with van der Waals surface area (Å²) < 4.78 is 26.7. The molecule has 1 saturated heterocycles. The lowest BCUT2D eigenvalue weighted by Gasteiger charge is -2.35. The summed E-state index contributed by atoms with van der Waals surface area (Å²) >= 11 is 0. The molecule has 0 spiro atoms. The van der Waals surface area contributed by atoms with Crippen LogP contribution in [0, 0.1) is 11.6 Å². The average Bonchev–Trinajstić information content (AvgIpc) is 2.57. The van der Waals surface area contributed by atoms with E-state index in [0.29, 0.717) is 32.0 Å². The molecule has 3 rings (SSSR count). The number of pyridine rings is 2. The fraction of sp³-hybridized carbons (Fsp3) is 0.267. The number of carbonyl (C=O) groups excluding carboxylic acids is 1. The predicted octanol–water partition coefficient (Wildman–Crippen LogP) is 1.81. The van der Waals surface area contributed by atoms with Crippen molar-refractivity contribution in [3.63, 3.8) is 0 Å². The van der Waals surface area contributed by atoms with Crippen LogP contribution < -0.4 is 10.2 Å². The first-order valence-corrected chi connectivity index (χ1v) is 7.30. The topological polar surface area (TPSA) is 81.6 Å². The third-order valence-corrected chi connectivity index (χ3v) is 3.64. The number of hydrogen-bond donors (Lipinski definition) is 2. The lowest BCUT2D eigenvalue weighted by molar-refractivity contribution is 0.208. The first kappa shape index (κ1) is 15.9. The van der Waals surface area contributed by atoms with Crippen molar-refractivity contribution in [3.05, 3.63) is 42.2 Å². The first-order valence-electron chi connectivity index (χ1n) is 7.30. The summed E-state index contributed by atoms with van der Waals surface area (Å²) in [5, 5.41) is 11.8. The van der Waals surface area contributed by atoms with Gasteiger partial charge in [-0.1, -0.05) is 0 Å². The highest BCUT2D eigenvalue weighted by Crippen LogP contribution is 2.19. The minimum absolute atomic E-state index is 0.00966. The zero-order chi connectivity index (χ0) is 17.1. The Morgan fingerprint density at radius 1 is 1.12 bits per heavy atom. The van der Waals surface area contributed by atoms with E-state index in [-0.39, 0.29) is 17.6 Å². The molecule has 0 radical (unpaired) electrons. The smallest absolute Gasteiger partial charge is 0.323 e. The molecule has 0 aromatic carbocycles. The van der Waals surface area contributed by atoms with Crippen LogP contribution in [0.3, 0.4) is 0 Å². The highest BCUT2D eigenvalue weighted by molar-refractivity contribution is 5.88. The number of amides is 2. The maximum absolute atomic E-state index is 13.7. The summed E-state index contributed by atoms with van der Waals surface area (Å²) in [6.07, 6.45) is 2.20. The molecule has 0 aliphatic carbocycles. The molecule has 0 bridgehead atoms. The molecule has 0 saturated carbocycles. The fourth-order valence-corrected chi connectivity index (χ4v) is 2.41. The second kappa shape index (κ2) is 6.65. The molecule has 2 N–H and O–H groups in total. The van der Waals surface area contributed by atoms with Gasteiger partial charge in [0.05, 0.1) is 12.4 Å². The van der Waals surface area contributed by atoms with Crippen molar-refractivity contribution in [2.75, 3.05) is 36.4 Å². The summed E-state index contributed by atoms with van der Waals surface area (Å²) in [7, 11) is 0. The molecule has 1 aliphatic rings. The molecule has 2 aromatic heterocycles. The lowest BCUT2D eigenvalue weighted by Crippen LogP contribution is -2.50. The van der Waals surface area contributed by atoms with Crippen molar-refractivity contribution in [1.29, 1.82) is 0 Å². The molecular weight excluding hydrogens is 320 g/mol. The van der Waals surface area contributed by atoms with Gasteiger partial charge in [-0.15, -0.1) is 0 Å². The standard InChI is InChI=1S/C15H15F2N5O2/c16-10-7-12(17)14(19-8-10)21-3-5-22(6-4-21)15(24)20-13-2-1-11(23)9-18-13/h1-2,7-9,23H,3-6H2,(H,18,20,24). The Balaban J connectivity index is 1.58. The Morgan fingerprint density at radius 3 is 2.50 bits per heavy atom. The summed E-state index contributed by atoms with van der Waals surface area (Å²) in [6.45, 7) is 1.49. The number of anilines is 2. The molecular formula is C15H15F2N5O2. The maximum Gasteiger partial charge on any atom is 0.323 e. The van der Waals surface area contributed by atoms with E-state index in [4.69, 9.17) is 5.11 Å². The van der Waals surface area contributed by atoms with Gasteiger partial charge >= 0.3 is 6.03 Å². The van der Waals surface area contributed by atoms with Crippen LogP contribution in [0.25, 0.3) is 0 Å². The zero-order valence-corrected chi connectivity index (χ0v) is 12.6.